The van der Waals surface area contributed by atoms with Crippen molar-refractivity contribution in [3.05, 3.63) is 53.6 Å². The van der Waals surface area contributed by atoms with Crippen molar-refractivity contribution in [3.63, 3.8) is 0 Å². The Labute approximate surface area is 151 Å². The summed E-state index contributed by atoms with van der Waals surface area (Å²) < 4.78 is 27.3. The maximum atomic E-state index is 13.2. The lowest BCUT2D eigenvalue weighted by Gasteiger charge is -2.32. The summed E-state index contributed by atoms with van der Waals surface area (Å²) in [5, 5.41) is 9.95. The van der Waals surface area contributed by atoms with Gasteiger partial charge in [0.05, 0.1) is 10.6 Å². The number of hydrogen-bond acceptors (Lipinski definition) is 4. The van der Waals surface area contributed by atoms with E-state index in [9.17, 15) is 18.3 Å². The van der Waals surface area contributed by atoms with Crippen LogP contribution in [0.2, 0.25) is 5.02 Å². The lowest BCUT2D eigenvalue weighted by Crippen LogP contribution is -2.48. The predicted molar refractivity (Wildman–Crippen MR) is 98.2 cm³/mol. The first-order valence-corrected chi connectivity index (χ1v) is 9.34. The van der Waals surface area contributed by atoms with E-state index < -0.39 is 28.0 Å². The molecule has 0 spiro atoms. The van der Waals surface area contributed by atoms with Gasteiger partial charge in [0.2, 0.25) is 0 Å². The predicted octanol–water partition coefficient (Wildman–Crippen LogP) is 3.23. The molecule has 3 N–H and O–H groups in total. The zero-order chi connectivity index (χ0) is 18.8. The molecule has 0 heterocycles. The molecule has 1 unspecified atom stereocenters. The summed E-state index contributed by atoms with van der Waals surface area (Å²) in [6.07, 6.45) is 0. The summed E-state index contributed by atoms with van der Waals surface area (Å²) in [5.41, 5.74) is 6.14. The van der Waals surface area contributed by atoms with Crippen LogP contribution < -0.4 is 10.0 Å². The van der Waals surface area contributed by atoms with E-state index in [1.807, 2.05) is 0 Å². The van der Waals surface area contributed by atoms with Crippen molar-refractivity contribution in [2.45, 2.75) is 24.8 Å². The van der Waals surface area contributed by atoms with Crippen molar-refractivity contribution in [3.8, 4) is 0 Å². The van der Waals surface area contributed by atoms with E-state index in [4.69, 9.17) is 17.3 Å². The largest absolute Gasteiger partial charge is 0.480 e. The first kappa shape index (κ1) is 19.1. The molecule has 6 nitrogen and oxygen atoms in total. The number of nitrogens with zero attached hydrogens (tertiary/aromatic N) is 1. The van der Waals surface area contributed by atoms with E-state index in [0.29, 0.717) is 5.02 Å². The minimum atomic E-state index is -4.17. The Morgan fingerprint density at radius 1 is 1.16 bits per heavy atom. The van der Waals surface area contributed by atoms with Crippen molar-refractivity contribution < 1.29 is 18.3 Å². The van der Waals surface area contributed by atoms with Gasteiger partial charge in [-0.1, -0.05) is 37.6 Å². The summed E-state index contributed by atoms with van der Waals surface area (Å²) in [7, 11) is -4.17. The molecule has 0 radical (unpaired) electrons. The van der Waals surface area contributed by atoms with Gasteiger partial charge in [-0.15, -0.1) is 0 Å². The molecule has 8 heteroatoms. The van der Waals surface area contributed by atoms with Gasteiger partial charge < -0.3 is 10.8 Å². The van der Waals surface area contributed by atoms with Crippen molar-refractivity contribution in [2.24, 2.45) is 5.92 Å². The standard InChI is InChI=1S/C17H19ClN2O4S/c1-11(2)16(17(21)22)20(14-7-3-5-12(18)9-14)25(23,24)15-8-4-6-13(19)10-15/h3-11,16H,19H2,1-2H3,(H,21,22). The van der Waals surface area contributed by atoms with Crippen LogP contribution in [-0.4, -0.2) is 25.5 Å². The average Bonchev–Trinajstić information content (AvgIpc) is 2.51. The second kappa shape index (κ2) is 7.33. The third-order valence-electron chi connectivity index (χ3n) is 3.61. The number of aliphatic carboxylic acids is 1. The number of carbonyl (C=O) groups is 1. The van der Waals surface area contributed by atoms with Gasteiger partial charge in [-0.25, -0.2) is 13.2 Å². The number of nitrogen functional groups attached to an aromatic ring is 1. The molecule has 0 aliphatic rings. The minimum Gasteiger partial charge on any atom is -0.480 e. The molecule has 2 aromatic carbocycles. The Kier molecular flexibility index (Phi) is 5.59. The number of rotatable bonds is 6. The molecule has 0 saturated heterocycles. The van der Waals surface area contributed by atoms with Gasteiger partial charge in [-0.2, -0.15) is 0 Å². The average molecular weight is 383 g/mol. The van der Waals surface area contributed by atoms with E-state index in [2.05, 4.69) is 0 Å². The first-order valence-electron chi connectivity index (χ1n) is 7.53. The van der Waals surface area contributed by atoms with Crippen molar-refractivity contribution >= 4 is 39.0 Å². The molecule has 25 heavy (non-hydrogen) atoms. The van der Waals surface area contributed by atoms with Gasteiger partial charge in [0, 0.05) is 10.7 Å². The fourth-order valence-corrected chi connectivity index (χ4v) is 4.48. The van der Waals surface area contributed by atoms with E-state index in [-0.39, 0.29) is 16.3 Å². The molecule has 0 amide bonds. The molecule has 0 bridgehead atoms. The lowest BCUT2D eigenvalue weighted by molar-refractivity contribution is -0.139. The monoisotopic (exact) mass is 382 g/mol. The molecule has 0 fully saturated rings. The molecule has 0 aliphatic heterocycles. The number of nitrogens with two attached hydrogens (primary N) is 1. The highest BCUT2D eigenvalue weighted by molar-refractivity contribution is 7.93. The fourth-order valence-electron chi connectivity index (χ4n) is 2.51. The Bertz CT molecular complexity index is 884. The first-order chi connectivity index (χ1) is 11.6. The molecular weight excluding hydrogens is 364 g/mol. The smallest absolute Gasteiger partial charge is 0.327 e. The maximum Gasteiger partial charge on any atom is 0.327 e. The summed E-state index contributed by atoms with van der Waals surface area (Å²) in [6, 6.07) is 10.5. The second-order valence-corrected chi connectivity index (χ2v) is 8.13. The number of anilines is 2. The molecule has 0 aromatic heterocycles. The van der Waals surface area contributed by atoms with Crippen molar-refractivity contribution in [1.29, 1.82) is 0 Å². The highest BCUT2D eigenvalue weighted by atomic mass is 35.5. The summed E-state index contributed by atoms with van der Waals surface area (Å²) in [4.78, 5) is 11.7. The third kappa shape index (κ3) is 4.05. The fraction of sp³-hybridized carbons (Fsp3) is 0.235. The van der Waals surface area contributed by atoms with Crippen LogP contribution in [0, 0.1) is 5.92 Å². The number of sulfonamides is 1. The van der Waals surface area contributed by atoms with Gasteiger partial charge in [0.25, 0.3) is 10.0 Å². The van der Waals surface area contributed by atoms with Crippen LogP contribution in [0.4, 0.5) is 11.4 Å². The van der Waals surface area contributed by atoms with Gasteiger partial charge in [-0.3, -0.25) is 4.31 Å². The van der Waals surface area contributed by atoms with Gasteiger partial charge in [0.15, 0.2) is 0 Å². The molecule has 2 aromatic rings. The van der Waals surface area contributed by atoms with Gasteiger partial charge in [0.1, 0.15) is 6.04 Å². The summed E-state index contributed by atoms with van der Waals surface area (Å²) >= 11 is 5.99. The molecule has 1 atom stereocenters. The number of benzene rings is 2. The molecule has 0 aliphatic carbocycles. The van der Waals surface area contributed by atoms with E-state index in [0.717, 1.165) is 4.31 Å². The van der Waals surface area contributed by atoms with Crippen molar-refractivity contribution in [1.82, 2.24) is 0 Å². The molecule has 0 saturated carbocycles. The summed E-state index contributed by atoms with van der Waals surface area (Å²) in [5.74, 6) is -1.73. The zero-order valence-corrected chi connectivity index (χ0v) is 15.3. The number of carboxylic acid groups (broad SMARTS) is 1. The number of hydrogen-bond donors (Lipinski definition) is 2. The number of halogens is 1. The van der Waals surface area contributed by atoms with E-state index in [1.54, 1.807) is 32.0 Å². The molecule has 134 valence electrons. The molecular formula is C17H19ClN2O4S. The van der Waals surface area contributed by atoms with Crippen LogP contribution in [0.15, 0.2) is 53.4 Å². The zero-order valence-electron chi connectivity index (χ0n) is 13.8. The summed E-state index contributed by atoms with van der Waals surface area (Å²) in [6.45, 7) is 3.29. The SMILES string of the molecule is CC(C)C(C(=O)O)N(c1cccc(Cl)c1)S(=O)(=O)c1cccc(N)c1. The quantitative estimate of drug-likeness (QED) is 0.747. The van der Waals surface area contributed by atoms with Gasteiger partial charge >= 0.3 is 5.97 Å². The lowest BCUT2D eigenvalue weighted by atomic mass is 10.0. The van der Waals surface area contributed by atoms with E-state index >= 15 is 0 Å². The topological polar surface area (TPSA) is 101 Å². The van der Waals surface area contributed by atoms with Crippen molar-refractivity contribution in [2.75, 3.05) is 10.0 Å². The Morgan fingerprint density at radius 2 is 1.80 bits per heavy atom. The second-order valence-electron chi connectivity index (χ2n) is 5.88. The third-order valence-corrected chi connectivity index (χ3v) is 5.66. The highest BCUT2D eigenvalue weighted by Gasteiger charge is 2.38. The Balaban J connectivity index is 2.72. The van der Waals surface area contributed by atoms with Crippen LogP contribution in [0.25, 0.3) is 0 Å². The molecule has 2 rings (SSSR count). The minimum absolute atomic E-state index is 0.0839. The van der Waals surface area contributed by atoms with Crippen LogP contribution in [-0.2, 0) is 14.8 Å². The normalized spacial score (nSPS) is 12.8. The number of carboxylic acids is 1. The van der Waals surface area contributed by atoms with Crippen LogP contribution in [0.1, 0.15) is 13.8 Å². The van der Waals surface area contributed by atoms with Crippen LogP contribution >= 0.6 is 11.6 Å². The Morgan fingerprint density at radius 3 is 2.32 bits per heavy atom. The highest BCUT2D eigenvalue weighted by Crippen LogP contribution is 2.31. The Hall–Kier alpha value is -2.25. The van der Waals surface area contributed by atoms with E-state index in [1.165, 1.54) is 30.3 Å². The maximum absolute atomic E-state index is 13.2. The van der Waals surface area contributed by atoms with Crippen LogP contribution in [0.5, 0.6) is 0 Å². The van der Waals surface area contributed by atoms with Crippen LogP contribution in [0.3, 0.4) is 0 Å². The van der Waals surface area contributed by atoms with Gasteiger partial charge in [-0.05, 0) is 42.3 Å².